The fourth-order valence-corrected chi connectivity index (χ4v) is 5.20. The predicted octanol–water partition coefficient (Wildman–Crippen LogP) is 7.08. The summed E-state index contributed by atoms with van der Waals surface area (Å²) in [4.78, 5) is 19.6. The van der Waals surface area contributed by atoms with E-state index in [1.54, 1.807) is 0 Å². The third kappa shape index (κ3) is 5.05. The van der Waals surface area contributed by atoms with Crippen LogP contribution in [0.1, 0.15) is 32.6 Å². The van der Waals surface area contributed by atoms with E-state index >= 15 is 0 Å². The third-order valence-electron chi connectivity index (χ3n) is 7.40. The molecule has 0 amide bonds. The van der Waals surface area contributed by atoms with E-state index < -0.39 is 5.60 Å². The maximum atomic E-state index is 13.5. The van der Waals surface area contributed by atoms with Crippen LogP contribution in [0.25, 0.3) is 5.57 Å². The lowest BCUT2D eigenvalue weighted by molar-refractivity contribution is 0.0276. The Morgan fingerprint density at radius 3 is 1.68 bits per heavy atom. The zero-order valence-corrected chi connectivity index (χ0v) is 24.5. The van der Waals surface area contributed by atoms with Gasteiger partial charge < -0.3 is 19.4 Å². The van der Waals surface area contributed by atoms with Gasteiger partial charge >= 0.3 is 5.97 Å². The average molecular weight is 552 g/mol. The lowest BCUT2D eigenvalue weighted by Crippen LogP contribution is -2.26. The highest BCUT2D eigenvalue weighted by Crippen LogP contribution is 2.47. The molecule has 0 aliphatic carbocycles. The topological polar surface area (TPSA) is 36.0 Å². The number of halogens is 1. The van der Waals surface area contributed by atoms with Crippen molar-refractivity contribution < 1.29 is 9.53 Å². The molecule has 4 aromatic carbocycles. The maximum absolute atomic E-state index is 13.5. The highest BCUT2D eigenvalue weighted by atomic mass is 35.5. The van der Waals surface area contributed by atoms with Crippen molar-refractivity contribution >= 4 is 40.2 Å². The van der Waals surface area contributed by atoms with Gasteiger partial charge in [0.05, 0.1) is 5.56 Å². The number of hydrogen-bond donors (Lipinski definition) is 0. The number of benzene rings is 4. The number of rotatable bonds is 7. The molecule has 0 saturated carbocycles. The van der Waals surface area contributed by atoms with Crippen LogP contribution in [0.4, 0.5) is 17.1 Å². The number of fused-ring (bicyclic) bond motifs is 1. The molecule has 0 spiro atoms. The van der Waals surface area contributed by atoms with Crippen molar-refractivity contribution in [2.45, 2.75) is 5.60 Å². The molecule has 4 aromatic rings. The minimum absolute atomic E-state index is 0.343. The molecule has 40 heavy (non-hydrogen) atoms. The summed E-state index contributed by atoms with van der Waals surface area (Å²) in [6.07, 6.45) is 2.09. The molecule has 1 heterocycles. The van der Waals surface area contributed by atoms with E-state index in [9.17, 15) is 4.79 Å². The summed E-state index contributed by atoms with van der Waals surface area (Å²) < 4.78 is 6.42. The van der Waals surface area contributed by atoms with Crippen molar-refractivity contribution in [3.05, 3.63) is 130 Å². The second-order valence-electron chi connectivity index (χ2n) is 10.7. The zero-order valence-electron chi connectivity index (χ0n) is 23.8. The van der Waals surface area contributed by atoms with E-state index in [0.717, 1.165) is 44.9 Å². The van der Waals surface area contributed by atoms with Gasteiger partial charge in [-0.05, 0) is 71.3 Å². The molecule has 204 valence electrons. The molecule has 5 rings (SSSR count). The second-order valence-corrected chi connectivity index (χ2v) is 11.1. The Morgan fingerprint density at radius 1 is 0.675 bits per heavy atom. The van der Waals surface area contributed by atoms with E-state index in [4.69, 9.17) is 16.3 Å². The highest BCUT2D eigenvalue weighted by molar-refractivity contribution is 6.30. The first-order chi connectivity index (χ1) is 19.1. The molecular weight excluding hydrogens is 518 g/mol. The summed E-state index contributed by atoms with van der Waals surface area (Å²) in [5.41, 5.74) is 7.15. The number of carbonyl (C=O) groups is 1. The Balaban J connectivity index is 1.79. The Bertz CT molecular complexity index is 1560. The summed E-state index contributed by atoms with van der Waals surface area (Å²) in [5.74, 6) is -0.343. The van der Waals surface area contributed by atoms with Gasteiger partial charge in [0.25, 0.3) is 0 Å². The second kappa shape index (κ2) is 10.7. The number of esters is 1. The highest BCUT2D eigenvalue weighted by Gasteiger charge is 2.46. The number of carbonyl (C=O) groups excluding carboxylic acids is 1. The number of ether oxygens (including phenoxy) is 1. The standard InChI is InChI=1S/C34H34ClN3O2/c1-36(2)27-15-9-24(10-16-27)31(23-7-13-26(35)14-8-23)22-34(25-11-17-28(18-12-25)37(3)4)32-20-19-29(38(5)6)21-30(32)33(39)40-34/h7-22H,1-6H3. The van der Waals surface area contributed by atoms with Crippen LogP contribution in [0.5, 0.6) is 0 Å². The molecule has 1 aliphatic rings. The molecule has 6 heteroatoms. The van der Waals surface area contributed by atoms with Crippen LogP contribution in [-0.2, 0) is 10.3 Å². The predicted molar refractivity (Wildman–Crippen MR) is 167 cm³/mol. The summed E-state index contributed by atoms with van der Waals surface area (Å²) in [7, 11) is 12.0. The van der Waals surface area contributed by atoms with Crippen LogP contribution < -0.4 is 14.7 Å². The summed E-state index contributed by atoms with van der Waals surface area (Å²) >= 11 is 6.28. The Morgan fingerprint density at radius 2 is 1.15 bits per heavy atom. The van der Waals surface area contributed by atoms with E-state index in [1.165, 1.54) is 0 Å². The first kappa shape index (κ1) is 27.4. The molecule has 0 radical (unpaired) electrons. The minimum atomic E-state index is -1.13. The van der Waals surface area contributed by atoms with Crippen LogP contribution in [0.2, 0.25) is 5.02 Å². The van der Waals surface area contributed by atoms with Gasteiger partial charge in [-0.15, -0.1) is 0 Å². The molecule has 1 aliphatic heterocycles. The van der Waals surface area contributed by atoms with Gasteiger partial charge in [-0.2, -0.15) is 0 Å². The lowest BCUT2D eigenvalue weighted by Gasteiger charge is -2.29. The van der Waals surface area contributed by atoms with Crippen molar-refractivity contribution in [3.8, 4) is 0 Å². The largest absolute Gasteiger partial charge is 0.441 e. The Labute approximate surface area is 241 Å². The fraction of sp³-hybridized carbons (Fsp3) is 0.206. The smallest absolute Gasteiger partial charge is 0.340 e. The Kier molecular flexibility index (Phi) is 7.35. The molecule has 0 N–H and O–H groups in total. The van der Waals surface area contributed by atoms with E-state index in [1.807, 2.05) is 102 Å². The van der Waals surface area contributed by atoms with Gasteiger partial charge in [0.15, 0.2) is 5.60 Å². The van der Waals surface area contributed by atoms with Crippen molar-refractivity contribution in [2.24, 2.45) is 0 Å². The van der Waals surface area contributed by atoms with Gasteiger partial charge in [0.2, 0.25) is 0 Å². The SMILES string of the molecule is CN(C)c1ccc(C(=CC2(c3ccc(N(C)C)cc3)OC(=O)c3cc(N(C)C)ccc32)c2ccc(Cl)cc2)cc1. The van der Waals surface area contributed by atoms with Gasteiger partial charge in [0, 0.05) is 75.5 Å². The normalized spacial score (nSPS) is 16.4. The van der Waals surface area contributed by atoms with Crippen LogP contribution in [0, 0.1) is 0 Å². The summed E-state index contributed by atoms with van der Waals surface area (Å²) in [5, 5.41) is 0.661. The first-order valence-electron chi connectivity index (χ1n) is 13.2. The van der Waals surface area contributed by atoms with Crippen LogP contribution in [-0.4, -0.2) is 48.3 Å². The van der Waals surface area contributed by atoms with Gasteiger partial charge in [0.1, 0.15) is 0 Å². The van der Waals surface area contributed by atoms with Crippen LogP contribution >= 0.6 is 11.6 Å². The molecule has 0 aromatic heterocycles. The monoisotopic (exact) mass is 551 g/mol. The van der Waals surface area contributed by atoms with Crippen LogP contribution in [0.3, 0.4) is 0 Å². The summed E-state index contributed by atoms with van der Waals surface area (Å²) in [6, 6.07) is 30.3. The van der Waals surface area contributed by atoms with Crippen molar-refractivity contribution in [1.82, 2.24) is 0 Å². The third-order valence-corrected chi connectivity index (χ3v) is 7.66. The Hall–Kier alpha value is -4.22. The van der Waals surface area contributed by atoms with Gasteiger partial charge in [-0.25, -0.2) is 4.79 Å². The zero-order chi connectivity index (χ0) is 28.6. The maximum Gasteiger partial charge on any atom is 0.340 e. The van der Waals surface area contributed by atoms with Crippen molar-refractivity contribution in [1.29, 1.82) is 0 Å². The number of anilines is 3. The molecular formula is C34H34ClN3O2. The van der Waals surface area contributed by atoms with E-state index in [0.29, 0.717) is 10.6 Å². The number of cyclic esters (lactones) is 1. The number of nitrogens with zero attached hydrogens (tertiary/aromatic N) is 3. The van der Waals surface area contributed by atoms with Crippen molar-refractivity contribution in [2.75, 3.05) is 57.0 Å². The van der Waals surface area contributed by atoms with Crippen molar-refractivity contribution in [3.63, 3.8) is 0 Å². The quantitative estimate of drug-likeness (QED) is 0.229. The molecule has 0 saturated heterocycles. The lowest BCUT2D eigenvalue weighted by atomic mass is 9.81. The van der Waals surface area contributed by atoms with Gasteiger partial charge in [-0.3, -0.25) is 0 Å². The van der Waals surface area contributed by atoms with Crippen LogP contribution in [0.15, 0.2) is 97.1 Å². The van der Waals surface area contributed by atoms with E-state index in [-0.39, 0.29) is 5.97 Å². The molecule has 1 unspecified atom stereocenters. The summed E-state index contributed by atoms with van der Waals surface area (Å²) in [6.45, 7) is 0. The minimum Gasteiger partial charge on any atom is -0.441 e. The molecule has 5 nitrogen and oxygen atoms in total. The molecule has 0 fully saturated rings. The first-order valence-corrected chi connectivity index (χ1v) is 13.6. The van der Waals surface area contributed by atoms with E-state index in [2.05, 4.69) is 52.3 Å². The fourth-order valence-electron chi connectivity index (χ4n) is 5.08. The number of hydrogen-bond acceptors (Lipinski definition) is 5. The molecule has 0 bridgehead atoms. The average Bonchev–Trinajstić information content (AvgIpc) is 3.24. The van der Waals surface area contributed by atoms with Gasteiger partial charge in [-0.1, -0.05) is 54.1 Å². The molecule has 1 atom stereocenters.